The van der Waals surface area contributed by atoms with E-state index < -0.39 is 36.2 Å². The predicted molar refractivity (Wildman–Crippen MR) is 112 cm³/mol. The molecule has 1 amide bonds. The number of amides is 1. The molecule has 2 aliphatic heterocycles. The van der Waals surface area contributed by atoms with E-state index in [1.807, 2.05) is 23.3 Å². The van der Waals surface area contributed by atoms with Crippen LogP contribution in [0.15, 0.2) is 36.5 Å². The van der Waals surface area contributed by atoms with Gasteiger partial charge in [0.15, 0.2) is 0 Å². The number of alkyl halides is 2. The molecular weight excluding hydrogens is 406 g/mol. The molecule has 0 bridgehead atoms. The first-order chi connectivity index (χ1) is 14.8. The van der Waals surface area contributed by atoms with Gasteiger partial charge < -0.3 is 15.4 Å². The van der Waals surface area contributed by atoms with Crippen LogP contribution in [0.2, 0.25) is 0 Å². The maximum absolute atomic E-state index is 13.8. The van der Waals surface area contributed by atoms with E-state index in [0.29, 0.717) is 11.6 Å². The minimum atomic E-state index is -2.93. The molecule has 1 aliphatic carbocycles. The van der Waals surface area contributed by atoms with Crippen LogP contribution >= 0.6 is 0 Å². The standard InChI is InChI=1S/C22H28F2N4O3/c1-2-31-21(30)18-12-22(23,24)9-7-19(18)26-20(29)14-3-5-17(6-4-14)28-10-8-15(27-28)11-16-13-25-16/h3-6,8,10,15-16,18-19,25,27H,2,7,9,11-13H2,1H3,(H,26,29). The second-order valence-electron chi connectivity index (χ2n) is 8.37. The van der Waals surface area contributed by atoms with Gasteiger partial charge >= 0.3 is 5.97 Å². The molecule has 0 aromatic heterocycles. The van der Waals surface area contributed by atoms with Crippen LogP contribution < -0.4 is 21.1 Å². The molecule has 3 aliphatic rings. The zero-order valence-corrected chi connectivity index (χ0v) is 17.4. The fourth-order valence-corrected chi connectivity index (χ4v) is 4.13. The predicted octanol–water partition coefficient (Wildman–Crippen LogP) is 2.35. The Morgan fingerprint density at radius 3 is 2.71 bits per heavy atom. The van der Waals surface area contributed by atoms with Gasteiger partial charge in [0.05, 0.1) is 18.2 Å². The Morgan fingerprint density at radius 2 is 2.03 bits per heavy atom. The number of halogens is 2. The summed E-state index contributed by atoms with van der Waals surface area (Å²) in [5.74, 6) is -5.06. The number of esters is 1. The van der Waals surface area contributed by atoms with Gasteiger partial charge in [-0.15, -0.1) is 0 Å². The third kappa shape index (κ3) is 5.40. The van der Waals surface area contributed by atoms with Crippen LogP contribution in [0.1, 0.15) is 43.0 Å². The summed E-state index contributed by atoms with van der Waals surface area (Å²) >= 11 is 0. The summed E-state index contributed by atoms with van der Waals surface area (Å²) in [4.78, 5) is 24.9. The Bertz CT molecular complexity index is 842. The Balaban J connectivity index is 1.36. The Kier molecular flexibility index (Phi) is 6.24. The van der Waals surface area contributed by atoms with Crippen molar-refractivity contribution < 1.29 is 23.1 Å². The molecule has 31 heavy (non-hydrogen) atoms. The van der Waals surface area contributed by atoms with Crippen molar-refractivity contribution in [3.05, 3.63) is 42.1 Å². The number of hydrogen-bond donors (Lipinski definition) is 3. The van der Waals surface area contributed by atoms with Gasteiger partial charge in [0.2, 0.25) is 5.92 Å². The number of nitrogens with one attached hydrogen (secondary N) is 3. The normalized spacial score (nSPS) is 28.9. The molecule has 1 saturated heterocycles. The first-order valence-electron chi connectivity index (χ1n) is 10.8. The summed E-state index contributed by atoms with van der Waals surface area (Å²) in [6.07, 6.45) is 4.15. The number of benzene rings is 1. The van der Waals surface area contributed by atoms with Crippen molar-refractivity contribution in [2.75, 3.05) is 18.2 Å². The van der Waals surface area contributed by atoms with Crippen molar-refractivity contribution in [2.45, 2.75) is 56.7 Å². The highest BCUT2D eigenvalue weighted by Gasteiger charge is 2.45. The average Bonchev–Trinajstić information content (AvgIpc) is 3.43. The van der Waals surface area contributed by atoms with Gasteiger partial charge in [-0.05, 0) is 50.1 Å². The van der Waals surface area contributed by atoms with E-state index in [1.54, 1.807) is 19.1 Å². The summed E-state index contributed by atoms with van der Waals surface area (Å²) < 4.78 is 32.6. The number of ether oxygens (including phenoxy) is 1. The Labute approximate surface area is 180 Å². The van der Waals surface area contributed by atoms with Gasteiger partial charge in [-0.3, -0.25) is 14.6 Å². The van der Waals surface area contributed by atoms with Crippen molar-refractivity contribution in [1.29, 1.82) is 0 Å². The van der Waals surface area contributed by atoms with Crippen molar-refractivity contribution in [3.63, 3.8) is 0 Å². The van der Waals surface area contributed by atoms with Crippen molar-refractivity contribution in [3.8, 4) is 0 Å². The largest absolute Gasteiger partial charge is 0.466 e. The zero-order chi connectivity index (χ0) is 22.0. The second-order valence-corrected chi connectivity index (χ2v) is 8.37. The summed E-state index contributed by atoms with van der Waals surface area (Å²) in [5, 5.41) is 7.96. The van der Waals surface area contributed by atoms with Gasteiger partial charge in [0.25, 0.3) is 5.91 Å². The lowest BCUT2D eigenvalue weighted by atomic mass is 9.82. The van der Waals surface area contributed by atoms with E-state index in [0.717, 1.165) is 18.7 Å². The van der Waals surface area contributed by atoms with Crippen LogP contribution in [0.25, 0.3) is 0 Å². The third-order valence-electron chi connectivity index (χ3n) is 5.94. The number of rotatable bonds is 7. The van der Waals surface area contributed by atoms with Crippen LogP contribution in [0, 0.1) is 5.92 Å². The fraction of sp³-hybridized carbons (Fsp3) is 0.545. The molecule has 3 N–H and O–H groups in total. The quantitative estimate of drug-likeness (QED) is 0.451. The molecule has 1 saturated carbocycles. The minimum Gasteiger partial charge on any atom is -0.466 e. The highest BCUT2D eigenvalue weighted by molar-refractivity contribution is 5.95. The van der Waals surface area contributed by atoms with Crippen LogP contribution in [0.5, 0.6) is 0 Å². The van der Waals surface area contributed by atoms with Crippen LogP contribution in [0.3, 0.4) is 0 Å². The van der Waals surface area contributed by atoms with E-state index in [1.165, 1.54) is 0 Å². The van der Waals surface area contributed by atoms with Crippen LogP contribution in [-0.4, -0.2) is 49.1 Å². The molecule has 168 valence electrons. The highest BCUT2D eigenvalue weighted by atomic mass is 19.3. The summed E-state index contributed by atoms with van der Waals surface area (Å²) in [6.45, 7) is 2.80. The molecule has 4 atom stereocenters. The molecule has 9 heteroatoms. The molecule has 4 unspecified atom stereocenters. The monoisotopic (exact) mass is 434 g/mol. The Hall–Kier alpha value is -2.52. The van der Waals surface area contributed by atoms with E-state index in [9.17, 15) is 18.4 Å². The van der Waals surface area contributed by atoms with Gasteiger partial charge in [-0.1, -0.05) is 0 Å². The fourth-order valence-electron chi connectivity index (χ4n) is 4.13. The van der Waals surface area contributed by atoms with Gasteiger partial charge in [0, 0.05) is 49.3 Å². The van der Waals surface area contributed by atoms with Crippen molar-refractivity contribution in [2.24, 2.45) is 5.92 Å². The van der Waals surface area contributed by atoms with Crippen molar-refractivity contribution in [1.82, 2.24) is 16.1 Å². The first kappa shape index (κ1) is 21.7. The number of hydrazine groups is 1. The van der Waals surface area contributed by atoms with Gasteiger partial charge in [0.1, 0.15) is 0 Å². The number of carbonyl (C=O) groups is 2. The molecule has 4 rings (SSSR count). The van der Waals surface area contributed by atoms with E-state index >= 15 is 0 Å². The second kappa shape index (κ2) is 8.92. The maximum atomic E-state index is 13.8. The molecule has 2 fully saturated rings. The van der Waals surface area contributed by atoms with Crippen LogP contribution in [0.4, 0.5) is 14.5 Å². The molecule has 1 aromatic rings. The van der Waals surface area contributed by atoms with Gasteiger partial charge in [-0.25, -0.2) is 14.2 Å². The van der Waals surface area contributed by atoms with Crippen LogP contribution in [-0.2, 0) is 9.53 Å². The molecule has 2 heterocycles. The number of hydrogen-bond acceptors (Lipinski definition) is 6. The Morgan fingerprint density at radius 1 is 1.29 bits per heavy atom. The zero-order valence-electron chi connectivity index (χ0n) is 17.4. The van der Waals surface area contributed by atoms with E-state index in [-0.39, 0.29) is 25.5 Å². The minimum absolute atomic E-state index is 0.0278. The SMILES string of the molecule is CCOC(=O)C1CC(F)(F)CCC1NC(=O)c1ccc(N2C=CC(CC3CN3)N2)cc1. The molecule has 0 spiro atoms. The van der Waals surface area contributed by atoms with E-state index in [2.05, 4.69) is 22.1 Å². The van der Waals surface area contributed by atoms with Crippen molar-refractivity contribution >= 4 is 17.6 Å². The number of carbonyl (C=O) groups excluding carboxylic acids is 2. The number of nitrogens with zero attached hydrogens (tertiary/aromatic N) is 1. The summed E-state index contributed by atoms with van der Waals surface area (Å²) in [6, 6.07) is 7.19. The lowest BCUT2D eigenvalue weighted by Gasteiger charge is -2.35. The smallest absolute Gasteiger partial charge is 0.311 e. The maximum Gasteiger partial charge on any atom is 0.311 e. The molecular formula is C22H28F2N4O3. The molecule has 7 nitrogen and oxygen atoms in total. The average molecular weight is 434 g/mol. The summed E-state index contributed by atoms with van der Waals surface area (Å²) in [5.41, 5.74) is 4.69. The first-order valence-corrected chi connectivity index (χ1v) is 10.8. The molecule has 1 aromatic carbocycles. The topological polar surface area (TPSA) is 92.6 Å². The number of anilines is 1. The van der Waals surface area contributed by atoms with E-state index in [4.69, 9.17) is 4.74 Å². The third-order valence-corrected chi connectivity index (χ3v) is 5.94. The lowest BCUT2D eigenvalue weighted by molar-refractivity contribution is -0.156. The highest BCUT2D eigenvalue weighted by Crippen LogP contribution is 2.37. The summed E-state index contributed by atoms with van der Waals surface area (Å²) in [7, 11) is 0. The van der Waals surface area contributed by atoms with Gasteiger partial charge in [-0.2, -0.15) is 0 Å². The molecule has 0 radical (unpaired) electrons. The lowest BCUT2D eigenvalue weighted by Crippen LogP contribution is -2.49.